The third kappa shape index (κ3) is 6.35. The Morgan fingerprint density at radius 1 is 0.724 bits per heavy atom. The van der Waals surface area contributed by atoms with Crippen molar-refractivity contribution in [3.05, 3.63) is 78.9 Å². The smallest absolute Gasteiger partial charge is 0.161 e. The summed E-state index contributed by atoms with van der Waals surface area (Å²) in [5.74, 6) is 3.08. The summed E-state index contributed by atoms with van der Waals surface area (Å²) >= 11 is 0. The predicted molar refractivity (Wildman–Crippen MR) is 115 cm³/mol. The molecule has 0 amide bonds. The standard InChI is InChI=1S/C24H27NO4/c1-19(29-24-15-9-8-14-23(24)26-2)18-25-21-12-6-7-13-22(21)28-17-16-27-20-10-4-3-5-11-20/h3-15,19,25H,16-18H2,1-2H3. The zero-order valence-electron chi connectivity index (χ0n) is 16.8. The van der Waals surface area contributed by atoms with E-state index in [1.807, 2.05) is 85.8 Å². The van der Waals surface area contributed by atoms with Crippen LogP contribution in [-0.2, 0) is 0 Å². The van der Waals surface area contributed by atoms with E-state index < -0.39 is 0 Å². The molecule has 3 aromatic rings. The van der Waals surface area contributed by atoms with E-state index in [4.69, 9.17) is 18.9 Å². The van der Waals surface area contributed by atoms with Gasteiger partial charge in [0.2, 0.25) is 0 Å². The molecule has 3 aromatic carbocycles. The highest BCUT2D eigenvalue weighted by molar-refractivity contribution is 5.56. The maximum atomic E-state index is 6.00. The van der Waals surface area contributed by atoms with Crippen molar-refractivity contribution in [3.8, 4) is 23.0 Å². The molecule has 0 saturated heterocycles. The molecular formula is C24H27NO4. The molecule has 29 heavy (non-hydrogen) atoms. The lowest BCUT2D eigenvalue weighted by atomic mass is 10.2. The van der Waals surface area contributed by atoms with Crippen molar-refractivity contribution in [1.29, 1.82) is 0 Å². The van der Waals surface area contributed by atoms with E-state index in [1.54, 1.807) is 7.11 Å². The van der Waals surface area contributed by atoms with Gasteiger partial charge in [0.15, 0.2) is 11.5 Å². The van der Waals surface area contributed by atoms with Gasteiger partial charge in [-0.2, -0.15) is 0 Å². The summed E-state index contributed by atoms with van der Waals surface area (Å²) in [6.45, 7) is 3.57. The fraction of sp³-hybridized carbons (Fsp3) is 0.250. The van der Waals surface area contributed by atoms with Crippen LogP contribution < -0.4 is 24.3 Å². The van der Waals surface area contributed by atoms with E-state index in [-0.39, 0.29) is 6.10 Å². The summed E-state index contributed by atoms with van der Waals surface area (Å²) in [6.07, 6.45) is -0.0548. The number of hydrogen-bond acceptors (Lipinski definition) is 5. The van der Waals surface area contributed by atoms with Gasteiger partial charge >= 0.3 is 0 Å². The first kappa shape index (κ1) is 20.4. The molecule has 152 valence electrons. The van der Waals surface area contributed by atoms with Crippen LogP contribution in [0.5, 0.6) is 23.0 Å². The van der Waals surface area contributed by atoms with Gasteiger partial charge in [-0.05, 0) is 43.3 Å². The zero-order valence-corrected chi connectivity index (χ0v) is 16.8. The molecule has 5 nitrogen and oxygen atoms in total. The summed E-state index contributed by atoms with van der Waals surface area (Å²) in [6, 6.07) is 25.2. The number of methoxy groups -OCH3 is 1. The van der Waals surface area contributed by atoms with E-state index >= 15 is 0 Å². The van der Waals surface area contributed by atoms with Crippen LogP contribution in [0.15, 0.2) is 78.9 Å². The first-order valence-corrected chi connectivity index (χ1v) is 9.69. The van der Waals surface area contributed by atoms with Crippen molar-refractivity contribution in [3.63, 3.8) is 0 Å². The van der Waals surface area contributed by atoms with Gasteiger partial charge in [0.25, 0.3) is 0 Å². The van der Waals surface area contributed by atoms with Crippen LogP contribution in [0.3, 0.4) is 0 Å². The highest BCUT2D eigenvalue weighted by Crippen LogP contribution is 2.27. The van der Waals surface area contributed by atoms with Crippen molar-refractivity contribution in [2.24, 2.45) is 0 Å². The third-order valence-electron chi connectivity index (χ3n) is 4.22. The van der Waals surface area contributed by atoms with Crippen molar-refractivity contribution >= 4 is 5.69 Å². The SMILES string of the molecule is COc1ccccc1OC(C)CNc1ccccc1OCCOc1ccccc1. The molecule has 0 fully saturated rings. The Bertz CT molecular complexity index is 870. The second kappa shape index (κ2) is 10.9. The van der Waals surface area contributed by atoms with Crippen LogP contribution >= 0.6 is 0 Å². The minimum absolute atomic E-state index is 0.0548. The molecule has 0 aliphatic heterocycles. The van der Waals surface area contributed by atoms with Crippen molar-refractivity contribution < 1.29 is 18.9 Å². The van der Waals surface area contributed by atoms with Crippen LogP contribution in [0.2, 0.25) is 0 Å². The predicted octanol–water partition coefficient (Wildman–Crippen LogP) is 5.03. The molecule has 0 aromatic heterocycles. The summed E-state index contributed by atoms with van der Waals surface area (Å²) in [7, 11) is 1.64. The molecule has 0 aliphatic carbocycles. The molecular weight excluding hydrogens is 366 g/mol. The lowest BCUT2D eigenvalue weighted by molar-refractivity contribution is 0.216. The van der Waals surface area contributed by atoms with Gasteiger partial charge in [-0.3, -0.25) is 0 Å². The van der Waals surface area contributed by atoms with Crippen molar-refractivity contribution in [2.75, 3.05) is 32.2 Å². The van der Waals surface area contributed by atoms with Gasteiger partial charge in [-0.1, -0.05) is 42.5 Å². The zero-order chi connectivity index (χ0) is 20.3. The average Bonchev–Trinajstić information content (AvgIpc) is 2.77. The van der Waals surface area contributed by atoms with Gasteiger partial charge in [-0.25, -0.2) is 0 Å². The lowest BCUT2D eigenvalue weighted by Gasteiger charge is -2.19. The van der Waals surface area contributed by atoms with E-state index in [9.17, 15) is 0 Å². The summed E-state index contributed by atoms with van der Waals surface area (Å²) < 4.78 is 22.9. The van der Waals surface area contributed by atoms with E-state index in [1.165, 1.54) is 0 Å². The second-order valence-electron chi connectivity index (χ2n) is 6.47. The quantitative estimate of drug-likeness (QED) is 0.463. The third-order valence-corrected chi connectivity index (χ3v) is 4.22. The number of benzene rings is 3. The van der Waals surface area contributed by atoms with Crippen LogP contribution in [0, 0.1) is 0 Å². The average molecular weight is 393 g/mol. The van der Waals surface area contributed by atoms with Crippen LogP contribution in [0.25, 0.3) is 0 Å². The highest BCUT2D eigenvalue weighted by Gasteiger charge is 2.10. The van der Waals surface area contributed by atoms with Gasteiger partial charge < -0.3 is 24.3 Å². The normalized spacial score (nSPS) is 11.4. The van der Waals surface area contributed by atoms with E-state index in [2.05, 4.69) is 5.32 Å². The molecule has 0 aliphatic rings. The van der Waals surface area contributed by atoms with E-state index in [0.29, 0.717) is 19.8 Å². The minimum Gasteiger partial charge on any atom is -0.493 e. The maximum Gasteiger partial charge on any atom is 0.161 e. The van der Waals surface area contributed by atoms with Crippen LogP contribution in [0.4, 0.5) is 5.69 Å². The number of anilines is 1. The largest absolute Gasteiger partial charge is 0.493 e. The van der Waals surface area contributed by atoms with Gasteiger partial charge in [0.1, 0.15) is 30.8 Å². The Balaban J connectivity index is 1.48. The molecule has 5 heteroatoms. The molecule has 0 saturated carbocycles. The molecule has 0 spiro atoms. The lowest BCUT2D eigenvalue weighted by Crippen LogP contribution is -2.23. The first-order valence-electron chi connectivity index (χ1n) is 9.69. The Morgan fingerprint density at radius 2 is 1.34 bits per heavy atom. The van der Waals surface area contributed by atoms with Crippen LogP contribution in [-0.4, -0.2) is 33.0 Å². The number of nitrogens with one attached hydrogen (secondary N) is 1. The van der Waals surface area contributed by atoms with Crippen molar-refractivity contribution in [1.82, 2.24) is 0 Å². The Kier molecular flexibility index (Phi) is 7.63. The van der Waals surface area contributed by atoms with Gasteiger partial charge in [0, 0.05) is 0 Å². The maximum absolute atomic E-state index is 6.00. The minimum atomic E-state index is -0.0548. The van der Waals surface area contributed by atoms with Crippen molar-refractivity contribution in [2.45, 2.75) is 13.0 Å². The monoisotopic (exact) mass is 393 g/mol. The molecule has 0 radical (unpaired) electrons. The first-order chi connectivity index (χ1) is 14.3. The van der Waals surface area contributed by atoms with Crippen LogP contribution in [0.1, 0.15) is 6.92 Å². The molecule has 1 unspecified atom stereocenters. The summed E-state index contributed by atoms with van der Waals surface area (Å²) in [5.41, 5.74) is 0.919. The van der Waals surface area contributed by atoms with E-state index in [0.717, 1.165) is 28.7 Å². The number of hydrogen-bond donors (Lipinski definition) is 1. The highest BCUT2D eigenvalue weighted by atomic mass is 16.5. The molecule has 1 atom stereocenters. The Hall–Kier alpha value is -3.34. The number of rotatable bonds is 11. The molecule has 0 heterocycles. The second-order valence-corrected chi connectivity index (χ2v) is 6.47. The Morgan fingerprint density at radius 3 is 2.10 bits per heavy atom. The topological polar surface area (TPSA) is 49.0 Å². The summed E-state index contributed by atoms with van der Waals surface area (Å²) in [5, 5.41) is 3.40. The number of para-hydroxylation sites is 5. The van der Waals surface area contributed by atoms with Gasteiger partial charge in [0.05, 0.1) is 19.3 Å². The molecule has 1 N–H and O–H groups in total. The Labute approximate surface area is 172 Å². The molecule has 3 rings (SSSR count). The fourth-order valence-electron chi connectivity index (χ4n) is 2.79. The summed E-state index contributed by atoms with van der Waals surface area (Å²) in [4.78, 5) is 0. The number of ether oxygens (including phenoxy) is 4. The fourth-order valence-corrected chi connectivity index (χ4v) is 2.79. The van der Waals surface area contributed by atoms with Gasteiger partial charge in [-0.15, -0.1) is 0 Å². The molecule has 0 bridgehead atoms.